The normalized spacial score (nSPS) is 12.0. The van der Waals surface area contributed by atoms with E-state index in [0.29, 0.717) is 13.1 Å². The minimum atomic E-state index is -0.132. The summed E-state index contributed by atoms with van der Waals surface area (Å²) in [5.74, 6) is 0.835. The number of methoxy groups -OCH3 is 1. The molecule has 1 aromatic heterocycles. The van der Waals surface area contributed by atoms with Gasteiger partial charge in [-0.1, -0.05) is 54.1 Å². The summed E-state index contributed by atoms with van der Waals surface area (Å²) in [6.45, 7) is 3.02. The molecule has 0 fully saturated rings. The SMILES string of the molecule is COc1ccccc1CN(C)CC(=O)N[C@H](c1ccc(C)cc1)c1cccs1. The number of thiophene rings is 1. The van der Waals surface area contributed by atoms with E-state index in [-0.39, 0.29) is 11.9 Å². The minimum Gasteiger partial charge on any atom is -0.496 e. The number of nitrogens with zero attached hydrogens (tertiary/aromatic N) is 1. The van der Waals surface area contributed by atoms with Crippen molar-refractivity contribution in [2.45, 2.75) is 19.5 Å². The number of likely N-dealkylation sites (N-methyl/N-ethyl adjacent to an activating group) is 1. The smallest absolute Gasteiger partial charge is 0.234 e. The quantitative estimate of drug-likeness (QED) is 0.616. The largest absolute Gasteiger partial charge is 0.496 e. The summed E-state index contributed by atoms with van der Waals surface area (Å²) >= 11 is 1.65. The lowest BCUT2D eigenvalue weighted by Gasteiger charge is -2.22. The van der Waals surface area contributed by atoms with Gasteiger partial charge in [-0.15, -0.1) is 11.3 Å². The molecule has 0 radical (unpaired) electrons. The average molecular weight is 395 g/mol. The molecular formula is C23H26N2O2S. The van der Waals surface area contributed by atoms with Crippen LogP contribution in [0.15, 0.2) is 66.0 Å². The van der Waals surface area contributed by atoms with Crippen LogP contribution in [-0.4, -0.2) is 31.5 Å². The van der Waals surface area contributed by atoms with Gasteiger partial charge < -0.3 is 10.1 Å². The van der Waals surface area contributed by atoms with Crippen LogP contribution in [0.2, 0.25) is 0 Å². The molecule has 0 unspecified atom stereocenters. The zero-order valence-corrected chi connectivity index (χ0v) is 17.3. The van der Waals surface area contributed by atoms with E-state index in [4.69, 9.17) is 4.74 Å². The molecule has 0 bridgehead atoms. The Morgan fingerprint density at radius 3 is 2.54 bits per heavy atom. The van der Waals surface area contributed by atoms with E-state index in [1.807, 2.05) is 47.7 Å². The molecule has 146 valence electrons. The Hall–Kier alpha value is -2.63. The van der Waals surface area contributed by atoms with Crippen LogP contribution >= 0.6 is 11.3 Å². The highest BCUT2D eigenvalue weighted by atomic mass is 32.1. The van der Waals surface area contributed by atoms with Crippen LogP contribution < -0.4 is 10.1 Å². The highest BCUT2D eigenvalue weighted by Gasteiger charge is 2.19. The van der Waals surface area contributed by atoms with Gasteiger partial charge in [-0.2, -0.15) is 0 Å². The van der Waals surface area contributed by atoms with Crippen molar-refractivity contribution in [3.63, 3.8) is 0 Å². The first-order valence-electron chi connectivity index (χ1n) is 9.26. The van der Waals surface area contributed by atoms with E-state index in [9.17, 15) is 4.79 Å². The van der Waals surface area contributed by atoms with E-state index in [0.717, 1.165) is 21.8 Å². The van der Waals surface area contributed by atoms with E-state index < -0.39 is 0 Å². The maximum Gasteiger partial charge on any atom is 0.234 e. The molecule has 28 heavy (non-hydrogen) atoms. The maximum atomic E-state index is 12.8. The summed E-state index contributed by atoms with van der Waals surface area (Å²) in [5.41, 5.74) is 3.36. The number of carbonyl (C=O) groups is 1. The van der Waals surface area contributed by atoms with Crippen molar-refractivity contribution in [1.29, 1.82) is 0 Å². The molecule has 0 spiro atoms. The van der Waals surface area contributed by atoms with E-state index in [2.05, 4.69) is 42.6 Å². The highest BCUT2D eigenvalue weighted by molar-refractivity contribution is 7.10. The lowest BCUT2D eigenvalue weighted by molar-refractivity contribution is -0.122. The fourth-order valence-corrected chi connectivity index (χ4v) is 3.97. The van der Waals surface area contributed by atoms with Crippen LogP contribution in [0.4, 0.5) is 0 Å². The van der Waals surface area contributed by atoms with Crippen molar-refractivity contribution in [3.8, 4) is 5.75 Å². The molecule has 4 nitrogen and oxygen atoms in total. The van der Waals surface area contributed by atoms with Crippen LogP contribution in [0.5, 0.6) is 5.75 Å². The van der Waals surface area contributed by atoms with Crippen molar-refractivity contribution in [3.05, 3.63) is 87.6 Å². The lowest BCUT2D eigenvalue weighted by Crippen LogP contribution is -2.37. The fourth-order valence-electron chi connectivity index (χ4n) is 3.17. The second kappa shape index (κ2) is 9.53. The predicted molar refractivity (Wildman–Crippen MR) is 115 cm³/mol. The molecular weight excluding hydrogens is 368 g/mol. The summed E-state index contributed by atoms with van der Waals surface area (Å²) < 4.78 is 5.41. The van der Waals surface area contributed by atoms with E-state index >= 15 is 0 Å². The van der Waals surface area contributed by atoms with Gasteiger partial charge in [-0.05, 0) is 37.0 Å². The first kappa shape index (κ1) is 20.1. The number of rotatable bonds is 8. The first-order chi connectivity index (χ1) is 13.6. The number of aryl methyl sites for hydroxylation is 1. The number of amides is 1. The fraction of sp³-hybridized carbons (Fsp3) is 0.261. The molecule has 2 aromatic carbocycles. The lowest BCUT2D eigenvalue weighted by atomic mass is 10.0. The Balaban J connectivity index is 1.67. The van der Waals surface area contributed by atoms with E-state index in [1.165, 1.54) is 5.56 Å². The Morgan fingerprint density at radius 1 is 1.11 bits per heavy atom. The van der Waals surface area contributed by atoms with Gasteiger partial charge in [0.05, 0.1) is 19.7 Å². The van der Waals surface area contributed by atoms with Crippen molar-refractivity contribution in [2.24, 2.45) is 0 Å². The third-order valence-corrected chi connectivity index (χ3v) is 5.53. The number of hydrogen-bond donors (Lipinski definition) is 1. The monoisotopic (exact) mass is 394 g/mol. The molecule has 1 amide bonds. The van der Waals surface area contributed by atoms with Gasteiger partial charge >= 0.3 is 0 Å². The van der Waals surface area contributed by atoms with Gasteiger partial charge in [0.15, 0.2) is 0 Å². The minimum absolute atomic E-state index is 0.00336. The van der Waals surface area contributed by atoms with Crippen LogP contribution in [-0.2, 0) is 11.3 Å². The summed E-state index contributed by atoms with van der Waals surface area (Å²) in [4.78, 5) is 15.9. The predicted octanol–water partition coefficient (Wildman–Crippen LogP) is 4.40. The molecule has 3 rings (SSSR count). The molecule has 5 heteroatoms. The average Bonchev–Trinajstić information content (AvgIpc) is 3.22. The zero-order chi connectivity index (χ0) is 19.9. The Labute approximate surface area is 170 Å². The summed E-state index contributed by atoms with van der Waals surface area (Å²) in [7, 11) is 3.61. The van der Waals surface area contributed by atoms with Crippen LogP contribution in [0.1, 0.15) is 27.6 Å². The van der Waals surface area contributed by atoms with Crippen molar-refractivity contribution in [2.75, 3.05) is 20.7 Å². The molecule has 0 saturated carbocycles. The van der Waals surface area contributed by atoms with Gasteiger partial charge in [-0.25, -0.2) is 0 Å². The van der Waals surface area contributed by atoms with Crippen LogP contribution in [0.25, 0.3) is 0 Å². The number of nitrogens with one attached hydrogen (secondary N) is 1. The molecule has 1 heterocycles. The molecule has 0 aliphatic rings. The third-order valence-electron chi connectivity index (χ3n) is 4.59. The highest BCUT2D eigenvalue weighted by Crippen LogP contribution is 2.26. The van der Waals surface area contributed by atoms with Gasteiger partial charge in [0.2, 0.25) is 5.91 Å². The van der Waals surface area contributed by atoms with Gasteiger partial charge in [0.25, 0.3) is 0 Å². The molecule has 0 aliphatic heterocycles. The van der Waals surface area contributed by atoms with Crippen molar-refractivity contribution in [1.82, 2.24) is 10.2 Å². The third kappa shape index (κ3) is 5.21. The van der Waals surface area contributed by atoms with Gasteiger partial charge in [-0.3, -0.25) is 9.69 Å². The molecule has 0 saturated heterocycles. The number of benzene rings is 2. The second-order valence-electron chi connectivity index (χ2n) is 6.91. The van der Waals surface area contributed by atoms with Crippen molar-refractivity contribution >= 4 is 17.2 Å². The summed E-state index contributed by atoms with van der Waals surface area (Å²) in [6.07, 6.45) is 0. The Morgan fingerprint density at radius 2 is 1.86 bits per heavy atom. The zero-order valence-electron chi connectivity index (χ0n) is 16.5. The summed E-state index contributed by atoms with van der Waals surface area (Å²) in [5, 5.41) is 5.24. The summed E-state index contributed by atoms with van der Waals surface area (Å²) in [6, 6.07) is 20.2. The Bertz CT molecular complexity index is 891. The molecule has 3 aromatic rings. The van der Waals surface area contributed by atoms with Crippen molar-refractivity contribution < 1.29 is 9.53 Å². The number of para-hydroxylation sites is 1. The molecule has 1 atom stereocenters. The van der Waals surface area contributed by atoms with Gasteiger partial charge in [0, 0.05) is 17.0 Å². The van der Waals surface area contributed by atoms with Crippen LogP contribution in [0, 0.1) is 6.92 Å². The topological polar surface area (TPSA) is 41.6 Å². The number of ether oxygens (including phenoxy) is 1. The van der Waals surface area contributed by atoms with E-state index in [1.54, 1.807) is 18.4 Å². The van der Waals surface area contributed by atoms with Gasteiger partial charge in [0.1, 0.15) is 5.75 Å². The number of hydrogen-bond acceptors (Lipinski definition) is 4. The Kier molecular flexibility index (Phi) is 6.85. The molecule has 1 N–H and O–H groups in total. The molecule has 0 aliphatic carbocycles. The standard InChI is InChI=1S/C23H26N2O2S/c1-17-10-12-18(13-11-17)23(21-9-6-14-28-21)24-22(26)16-25(2)15-19-7-4-5-8-20(19)27-3/h4-14,23H,15-16H2,1-3H3,(H,24,26)/t23-/m1/s1. The maximum absolute atomic E-state index is 12.8. The first-order valence-corrected chi connectivity index (χ1v) is 10.1. The van der Waals surface area contributed by atoms with Crippen LogP contribution in [0.3, 0.4) is 0 Å². The number of carbonyl (C=O) groups excluding carboxylic acids is 1. The second-order valence-corrected chi connectivity index (χ2v) is 7.89.